The van der Waals surface area contributed by atoms with E-state index in [0.29, 0.717) is 84.1 Å². The van der Waals surface area contributed by atoms with Gasteiger partial charge in [-0.2, -0.15) is 0 Å². The van der Waals surface area contributed by atoms with Gasteiger partial charge >= 0.3 is 0 Å². The molecule has 0 fully saturated rings. The summed E-state index contributed by atoms with van der Waals surface area (Å²) in [5, 5.41) is 0.736. The molecule has 0 amide bonds. The summed E-state index contributed by atoms with van der Waals surface area (Å²) in [5.74, 6) is 0.481. The first-order valence-corrected chi connectivity index (χ1v) is 29.4. The second-order valence-corrected chi connectivity index (χ2v) is 26.3. The van der Waals surface area contributed by atoms with Crippen LogP contribution in [0.4, 0.5) is 22.7 Å². The molecular formula is C80H80N4O. The van der Waals surface area contributed by atoms with E-state index in [-0.39, 0.29) is 99.5 Å². The highest BCUT2D eigenvalue weighted by Gasteiger charge is 2.38. The topological polar surface area (TPSA) is 33.5 Å². The fourth-order valence-corrected chi connectivity index (χ4v) is 12.1. The molecule has 5 heteroatoms. The highest BCUT2D eigenvalue weighted by Crippen LogP contribution is 2.53. The van der Waals surface area contributed by atoms with Gasteiger partial charge in [-0.15, -0.1) is 0 Å². The van der Waals surface area contributed by atoms with Gasteiger partial charge in [0.25, 0.3) is 0 Å². The summed E-state index contributed by atoms with van der Waals surface area (Å²) in [4.78, 5) is 8.95. The minimum absolute atomic E-state index is 0.000800. The van der Waals surface area contributed by atoms with Crippen LogP contribution >= 0.6 is 0 Å². The lowest BCUT2D eigenvalue weighted by Gasteiger charge is -2.42. The quantitative estimate of drug-likeness (QED) is 0.129. The van der Waals surface area contributed by atoms with Gasteiger partial charge in [-0.25, -0.2) is 4.98 Å². The third-order valence-electron chi connectivity index (χ3n) is 16.7. The van der Waals surface area contributed by atoms with E-state index in [4.69, 9.17) is 12.5 Å². The van der Waals surface area contributed by atoms with Crippen molar-refractivity contribution in [2.24, 2.45) is 5.92 Å². The lowest BCUT2D eigenvalue weighted by molar-refractivity contribution is 0.332. The maximum absolute atomic E-state index is 10.3. The third kappa shape index (κ3) is 10.3. The van der Waals surface area contributed by atoms with Gasteiger partial charge in [0.05, 0.1) is 47.3 Å². The van der Waals surface area contributed by atoms with Crippen molar-refractivity contribution in [3.63, 3.8) is 0 Å². The average Bonchev–Trinajstić information content (AvgIpc) is 1.51. The normalized spacial score (nSPS) is 17.6. The highest BCUT2D eigenvalue weighted by molar-refractivity contribution is 6.09. The second kappa shape index (κ2) is 21.1. The summed E-state index contributed by atoms with van der Waals surface area (Å²) in [5.41, 5.74) is 4.31. The van der Waals surface area contributed by atoms with Crippen molar-refractivity contribution < 1.29 is 26.7 Å². The summed E-state index contributed by atoms with van der Waals surface area (Å²) in [6, 6.07) is 32.6. The number of para-hydroxylation sites is 4. The van der Waals surface area contributed by atoms with Gasteiger partial charge in [0.15, 0.2) is 0 Å². The second-order valence-electron chi connectivity index (χ2n) is 26.3. The first-order chi connectivity index (χ1) is 47.3. The molecule has 1 aliphatic heterocycles. The highest BCUT2D eigenvalue weighted by atomic mass is 16.5. The lowest BCUT2D eigenvalue weighted by Crippen LogP contribution is -2.33. The molecule has 0 unspecified atom stereocenters. The Morgan fingerprint density at radius 2 is 1.20 bits per heavy atom. The molecule has 0 saturated heterocycles. The van der Waals surface area contributed by atoms with Gasteiger partial charge in [0.1, 0.15) is 24.0 Å². The van der Waals surface area contributed by atoms with Gasteiger partial charge < -0.3 is 14.5 Å². The summed E-state index contributed by atoms with van der Waals surface area (Å²) in [6.07, 6.45) is 1.20. The largest absolute Gasteiger partial charge is 0.457 e. The molecule has 3 heterocycles. The smallest absolute Gasteiger partial charge is 0.137 e. The van der Waals surface area contributed by atoms with Gasteiger partial charge in [0.2, 0.25) is 0 Å². The van der Waals surface area contributed by atoms with Crippen LogP contribution < -0.4 is 14.5 Å². The number of hydrogen-bond donors (Lipinski definition) is 0. The average molecular weight is 1130 g/mol. The van der Waals surface area contributed by atoms with E-state index in [0.717, 1.165) is 18.4 Å². The number of benzene rings is 9. The summed E-state index contributed by atoms with van der Waals surface area (Å²) in [7, 11) is 0. The zero-order chi connectivity index (χ0) is 73.1. The fourth-order valence-electron chi connectivity index (χ4n) is 12.1. The molecule has 2 aromatic heterocycles. The maximum atomic E-state index is 10.3. The number of ether oxygens (including phenoxy) is 1. The van der Waals surface area contributed by atoms with E-state index in [9.17, 15) is 19.2 Å². The first-order valence-electron chi connectivity index (χ1n) is 37.4. The molecule has 2 aliphatic rings. The Balaban J connectivity index is 0.983. The monoisotopic (exact) mass is 1130 g/mol. The Hall–Kier alpha value is -8.67. The zero-order valence-electron chi connectivity index (χ0n) is 66.5. The van der Waals surface area contributed by atoms with Crippen LogP contribution in [-0.4, -0.2) is 16.2 Å². The molecule has 5 nitrogen and oxygen atoms in total. The minimum atomic E-state index is -1.87. The molecule has 0 N–H and O–H groups in total. The molecule has 9 aromatic carbocycles. The summed E-state index contributed by atoms with van der Waals surface area (Å²) >= 11 is 0. The van der Waals surface area contributed by atoms with E-state index in [1.165, 1.54) is 0 Å². The van der Waals surface area contributed by atoms with Crippen LogP contribution in [0.1, 0.15) is 146 Å². The first kappa shape index (κ1) is 39.8. The third-order valence-corrected chi connectivity index (χ3v) is 16.7. The number of rotatable bonds is 11. The van der Waals surface area contributed by atoms with E-state index in [1.807, 2.05) is 124 Å². The van der Waals surface area contributed by atoms with Crippen molar-refractivity contribution in [1.82, 2.24) is 9.55 Å². The number of nitrogens with zero attached hydrogens (tertiary/aromatic N) is 4. The SMILES string of the molecule is [2H]c1c([2H])c(-c2c([2H])c([2H])c(C(C)(C)C)c([2H])c2C(C)(C)C)c([2H])c([2H])c1-c1cccc(-c2c([2H])c([2H])c3c(c2[2H])C(C)(C)CCC3(C)C)c1N1CN(c2cccc(Oc3ccc4c5c([2H])c([2H])c([2H])c([2H])c5n(-c5cc(C([2H])([2H])C(C)C)c(-c6ccccc6)cn5)c4c3)c2)c2ccccc21. The number of aromatic nitrogens is 2. The van der Waals surface area contributed by atoms with Crippen molar-refractivity contribution >= 4 is 44.6 Å². The number of fused-ring (bicyclic) bond motifs is 5. The minimum Gasteiger partial charge on any atom is -0.457 e. The summed E-state index contributed by atoms with van der Waals surface area (Å²) in [6.45, 7) is 23.1. The predicted molar refractivity (Wildman–Crippen MR) is 360 cm³/mol. The van der Waals surface area contributed by atoms with Crippen molar-refractivity contribution in [1.29, 1.82) is 0 Å². The predicted octanol–water partition coefficient (Wildman–Crippen LogP) is 22.0. The van der Waals surface area contributed by atoms with Gasteiger partial charge in [-0.3, -0.25) is 4.57 Å². The van der Waals surface area contributed by atoms with Crippen LogP contribution in [0.2, 0.25) is 0 Å². The van der Waals surface area contributed by atoms with E-state index >= 15 is 0 Å². The van der Waals surface area contributed by atoms with Crippen molar-refractivity contribution in [2.45, 2.75) is 124 Å². The van der Waals surface area contributed by atoms with Gasteiger partial charge in [-0.1, -0.05) is 228 Å². The Morgan fingerprint density at radius 3 is 1.92 bits per heavy atom. The molecule has 11 aromatic rings. The number of anilines is 4. The molecule has 13 rings (SSSR count). The van der Waals surface area contributed by atoms with Gasteiger partial charge in [-0.05, 0) is 151 Å². The molecule has 0 radical (unpaired) electrons. The number of pyridine rings is 1. The molecule has 426 valence electrons. The van der Waals surface area contributed by atoms with E-state index in [1.54, 1.807) is 73.1 Å². The molecule has 0 saturated carbocycles. The lowest BCUT2D eigenvalue weighted by atomic mass is 9.63. The Bertz CT molecular complexity index is 5270. The standard InChI is InChI=1S/C80H80N4O/c1-52(2)44-57-46-75(81-50-67(57)53-22-14-13-15-23-53)84-71-29-17-16-26-65(71)66-40-38-61(49-74(66)84)85-60-25-20-24-59(48-60)82-51-83(73-31-19-18-30-72(73)82)76-63(27-21-28-64(76)56-36-41-68-70(45-56)80(11,12)43-42-79(68,9)10)55-34-32-54(33-35-55)62-39-37-58(77(3,4)5)47-69(62)78(6,7)8/h13-41,45-50,52H,42-44,51H2,1-12H3/i16D,17D,26D,29D,32D,33D,34D,35D,36D,37D,39D,41D,44D2,45D,47D. The molecule has 1 aliphatic carbocycles. The van der Waals surface area contributed by atoms with Crippen LogP contribution in [0, 0.1) is 5.92 Å². The van der Waals surface area contributed by atoms with Crippen LogP contribution in [0.25, 0.3) is 72.1 Å². The van der Waals surface area contributed by atoms with Gasteiger partial charge in [0, 0.05) is 54.2 Å². The summed E-state index contributed by atoms with van der Waals surface area (Å²) < 4.78 is 162. The van der Waals surface area contributed by atoms with Crippen LogP contribution in [0.15, 0.2) is 212 Å². The molecule has 0 spiro atoms. The molecule has 85 heavy (non-hydrogen) atoms. The van der Waals surface area contributed by atoms with Crippen molar-refractivity contribution in [2.75, 3.05) is 16.5 Å². The van der Waals surface area contributed by atoms with Crippen LogP contribution in [0.3, 0.4) is 0 Å². The van der Waals surface area contributed by atoms with E-state index < -0.39 is 70.2 Å². The zero-order valence-corrected chi connectivity index (χ0v) is 50.5. The number of hydrogen-bond acceptors (Lipinski definition) is 4. The van der Waals surface area contributed by atoms with Crippen LogP contribution in [-0.2, 0) is 28.0 Å². The van der Waals surface area contributed by atoms with Crippen molar-refractivity contribution in [3.8, 4) is 61.8 Å². The van der Waals surface area contributed by atoms with Crippen molar-refractivity contribution in [3.05, 3.63) is 240 Å². The Labute approximate surface area is 527 Å². The molecule has 0 bridgehead atoms. The molecular weight excluding hydrogens is 1030 g/mol. The molecule has 0 atom stereocenters. The van der Waals surface area contributed by atoms with Crippen LogP contribution in [0.5, 0.6) is 11.5 Å². The van der Waals surface area contributed by atoms with E-state index in [2.05, 4.69) is 27.7 Å². The Morgan fingerprint density at radius 1 is 0.553 bits per heavy atom. The Kier molecular flexibility index (Phi) is 9.89. The fraction of sp³-hybridized carbons (Fsp3) is 0.263. The maximum Gasteiger partial charge on any atom is 0.137 e.